The van der Waals surface area contributed by atoms with E-state index in [1.165, 1.54) is 18.9 Å². The first kappa shape index (κ1) is 13.8. The van der Waals surface area contributed by atoms with Crippen molar-refractivity contribution in [1.29, 1.82) is 0 Å². The highest BCUT2D eigenvalue weighted by atomic mass is 35.5. The third-order valence-corrected chi connectivity index (χ3v) is 4.01. The van der Waals surface area contributed by atoms with E-state index in [0.29, 0.717) is 22.5 Å². The van der Waals surface area contributed by atoms with Gasteiger partial charge < -0.3 is 10.1 Å². The number of ether oxygens (including phenoxy) is 1. The van der Waals surface area contributed by atoms with E-state index in [-0.39, 0.29) is 5.82 Å². The van der Waals surface area contributed by atoms with Crippen LogP contribution in [0.15, 0.2) is 18.2 Å². The lowest BCUT2D eigenvalue weighted by atomic mass is 10.0. The molecule has 1 saturated carbocycles. The van der Waals surface area contributed by atoms with Gasteiger partial charge in [0.25, 0.3) is 0 Å². The van der Waals surface area contributed by atoms with Crippen molar-refractivity contribution in [2.45, 2.75) is 25.8 Å². The van der Waals surface area contributed by atoms with Crippen molar-refractivity contribution in [2.24, 2.45) is 5.41 Å². The minimum absolute atomic E-state index is 0.239. The van der Waals surface area contributed by atoms with E-state index in [1.54, 1.807) is 19.2 Å². The van der Waals surface area contributed by atoms with Gasteiger partial charge in [-0.3, -0.25) is 0 Å². The number of benzene rings is 1. The zero-order valence-corrected chi connectivity index (χ0v) is 11.4. The van der Waals surface area contributed by atoms with Crippen LogP contribution in [0, 0.1) is 11.2 Å². The predicted molar refractivity (Wildman–Crippen MR) is 71.3 cm³/mol. The Hall–Kier alpha value is -0.640. The maximum Gasteiger partial charge on any atom is 0.129 e. The SMILES string of the molecule is COCCC1(CNCc2c(F)cccc2Cl)CC1. The number of rotatable bonds is 7. The predicted octanol–water partition coefficient (Wildman–Crippen LogP) is 3.39. The summed E-state index contributed by atoms with van der Waals surface area (Å²) < 4.78 is 18.7. The summed E-state index contributed by atoms with van der Waals surface area (Å²) in [5.74, 6) is -0.239. The fourth-order valence-electron chi connectivity index (χ4n) is 2.16. The van der Waals surface area contributed by atoms with Crippen LogP contribution in [0.4, 0.5) is 4.39 Å². The van der Waals surface area contributed by atoms with Crippen molar-refractivity contribution < 1.29 is 9.13 Å². The molecule has 1 fully saturated rings. The van der Waals surface area contributed by atoms with E-state index in [2.05, 4.69) is 5.32 Å². The molecular weight excluding hydrogens is 253 g/mol. The molecule has 0 bridgehead atoms. The summed E-state index contributed by atoms with van der Waals surface area (Å²) in [6, 6.07) is 4.79. The first-order chi connectivity index (χ1) is 8.67. The number of halogens is 2. The lowest BCUT2D eigenvalue weighted by molar-refractivity contribution is 0.171. The third kappa shape index (κ3) is 3.44. The van der Waals surface area contributed by atoms with Gasteiger partial charge >= 0.3 is 0 Å². The minimum atomic E-state index is -0.239. The first-order valence-electron chi connectivity index (χ1n) is 6.29. The lowest BCUT2D eigenvalue weighted by Gasteiger charge is -2.16. The van der Waals surface area contributed by atoms with Crippen LogP contribution in [-0.4, -0.2) is 20.3 Å². The van der Waals surface area contributed by atoms with Crippen molar-refractivity contribution in [3.63, 3.8) is 0 Å². The van der Waals surface area contributed by atoms with E-state index in [1.807, 2.05) is 0 Å². The first-order valence-corrected chi connectivity index (χ1v) is 6.67. The normalized spacial score (nSPS) is 16.8. The molecule has 0 amide bonds. The van der Waals surface area contributed by atoms with Gasteiger partial charge in [-0.25, -0.2) is 4.39 Å². The molecule has 1 aliphatic carbocycles. The molecule has 0 saturated heterocycles. The van der Waals surface area contributed by atoms with Gasteiger partial charge in [0.05, 0.1) is 0 Å². The van der Waals surface area contributed by atoms with E-state index in [4.69, 9.17) is 16.3 Å². The molecule has 1 N–H and O–H groups in total. The Balaban J connectivity index is 1.82. The van der Waals surface area contributed by atoms with E-state index in [9.17, 15) is 4.39 Å². The molecule has 1 aromatic carbocycles. The Morgan fingerprint density at radius 2 is 2.22 bits per heavy atom. The van der Waals surface area contributed by atoms with Gasteiger partial charge in [0, 0.05) is 37.4 Å². The van der Waals surface area contributed by atoms with Crippen molar-refractivity contribution >= 4 is 11.6 Å². The Morgan fingerprint density at radius 3 is 2.83 bits per heavy atom. The van der Waals surface area contributed by atoms with Gasteiger partial charge in [0.15, 0.2) is 0 Å². The topological polar surface area (TPSA) is 21.3 Å². The fourth-order valence-corrected chi connectivity index (χ4v) is 2.39. The van der Waals surface area contributed by atoms with Gasteiger partial charge in [-0.1, -0.05) is 17.7 Å². The fraction of sp³-hybridized carbons (Fsp3) is 0.571. The Morgan fingerprint density at radius 1 is 1.44 bits per heavy atom. The summed E-state index contributed by atoms with van der Waals surface area (Å²) in [5, 5.41) is 3.81. The number of nitrogens with one attached hydrogen (secondary N) is 1. The van der Waals surface area contributed by atoms with Gasteiger partial charge in [0.2, 0.25) is 0 Å². The summed E-state index contributed by atoms with van der Waals surface area (Å²) in [5.41, 5.74) is 0.926. The minimum Gasteiger partial charge on any atom is -0.385 e. The molecule has 0 aliphatic heterocycles. The highest BCUT2D eigenvalue weighted by molar-refractivity contribution is 6.31. The molecule has 2 rings (SSSR count). The highest BCUT2D eigenvalue weighted by Gasteiger charge is 2.41. The zero-order valence-electron chi connectivity index (χ0n) is 10.6. The Kier molecular flexibility index (Phi) is 4.60. The average molecular weight is 272 g/mol. The van der Waals surface area contributed by atoms with Crippen LogP contribution in [0.1, 0.15) is 24.8 Å². The molecule has 2 nitrogen and oxygen atoms in total. The zero-order chi connectivity index (χ0) is 13.0. The van der Waals surface area contributed by atoms with Crippen LogP contribution in [0.5, 0.6) is 0 Å². The molecular formula is C14H19ClFNO. The van der Waals surface area contributed by atoms with Crippen LogP contribution in [0.2, 0.25) is 5.02 Å². The van der Waals surface area contributed by atoms with Crippen molar-refractivity contribution in [2.75, 3.05) is 20.3 Å². The van der Waals surface area contributed by atoms with Gasteiger partial charge in [0.1, 0.15) is 5.82 Å². The molecule has 1 aliphatic rings. The van der Waals surface area contributed by atoms with Crippen LogP contribution in [-0.2, 0) is 11.3 Å². The van der Waals surface area contributed by atoms with Gasteiger partial charge in [-0.2, -0.15) is 0 Å². The quantitative estimate of drug-likeness (QED) is 0.821. The summed E-state index contributed by atoms with van der Waals surface area (Å²) in [7, 11) is 1.72. The van der Waals surface area contributed by atoms with Crippen molar-refractivity contribution in [1.82, 2.24) is 5.32 Å². The van der Waals surface area contributed by atoms with Crippen LogP contribution in [0.3, 0.4) is 0 Å². The number of hydrogen-bond acceptors (Lipinski definition) is 2. The smallest absolute Gasteiger partial charge is 0.129 e. The number of methoxy groups -OCH3 is 1. The second-order valence-corrected chi connectivity index (χ2v) is 5.45. The van der Waals surface area contributed by atoms with Crippen LogP contribution < -0.4 is 5.32 Å². The van der Waals surface area contributed by atoms with Crippen LogP contribution in [0.25, 0.3) is 0 Å². The van der Waals surface area contributed by atoms with Crippen LogP contribution >= 0.6 is 11.6 Å². The molecule has 0 atom stereocenters. The Bertz CT molecular complexity index is 387. The van der Waals surface area contributed by atoms with Crippen molar-refractivity contribution in [3.8, 4) is 0 Å². The molecule has 100 valence electrons. The average Bonchev–Trinajstić information content (AvgIpc) is 3.11. The third-order valence-electron chi connectivity index (χ3n) is 3.66. The molecule has 0 heterocycles. The molecule has 0 aromatic heterocycles. The largest absolute Gasteiger partial charge is 0.385 e. The Labute approximate surface area is 112 Å². The van der Waals surface area contributed by atoms with E-state index in [0.717, 1.165) is 19.6 Å². The van der Waals surface area contributed by atoms with Crippen molar-refractivity contribution in [3.05, 3.63) is 34.6 Å². The maximum absolute atomic E-state index is 13.5. The molecule has 0 spiro atoms. The maximum atomic E-state index is 13.5. The number of hydrogen-bond donors (Lipinski definition) is 1. The molecule has 4 heteroatoms. The molecule has 18 heavy (non-hydrogen) atoms. The summed E-state index contributed by atoms with van der Waals surface area (Å²) >= 11 is 5.98. The molecule has 0 radical (unpaired) electrons. The van der Waals surface area contributed by atoms with E-state index >= 15 is 0 Å². The standard InChI is InChI=1S/C14H19ClFNO/c1-18-8-7-14(5-6-14)10-17-9-11-12(15)3-2-4-13(11)16/h2-4,17H,5-10H2,1H3. The summed E-state index contributed by atoms with van der Waals surface area (Å²) in [4.78, 5) is 0. The van der Waals surface area contributed by atoms with Gasteiger partial charge in [-0.05, 0) is 36.8 Å². The second-order valence-electron chi connectivity index (χ2n) is 5.05. The highest BCUT2D eigenvalue weighted by Crippen LogP contribution is 2.48. The molecule has 0 unspecified atom stereocenters. The lowest BCUT2D eigenvalue weighted by Crippen LogP contribution is -2.25. The summed E-state index contributed by atoms with van der Waals surface area (Å²) in [6.07, 6.45) is 3.53. The van der Waals surface area contributed by atoms with Gasteiger partial charge in [-0.15, -0.1) is 0 Å². The monoisotopic (exact) mass is 271 g/mol. The second kappa shape index (κ2) is 6.00. The van der Waals surface area contributed by atoms with E-state index < -0.39 is 0 Å². The molecule has 1 aromatic rings. The summed E-state index contributed by atoms with van der Waals surface area (Å²) in [6.45, 7) is 2.18.